The van der Waals surface area contributed by atoms with Crippen molar-refractivity contribution in [3.8, 4) is 5.75 Å². The van der Waals surface area contributed by atoms with Gasteiger partial charge in [-0.05, 0) is 24.3 Å². The molecule has 92 valence electrons. The zero-order valence-corrected chi connectivity index (χ0v) is 10.5. The number of ether oxygens (including phenoxy) is 1. The monoisotopic (exact) mass is 266 g/mol. The lowest BCUT2D eigenvalue weighted by molar-refractivity contribution is 0.414. The number of methoxy groups -OCH3 is 1. The second-order valence-corrected chi connectivity index (χ2v) is 4.63. The summed E-state index contributed by atoms with van der Waals surface area (Å²) < 4.78 is 30.5. The van der Waals surface area contributed by atoms with Crippen LogP contribution in [0.25, 0.3) is 0 Å². The summed E-state index contributed by atoms with van der Waals surface area (Å²) in [7, 11) is -1.91. The number of rotatable bonds is 5. The van der Waals surface area contributed by atoms with E-state index in [-0.39, 0.29) is 30.4 Å². The maximum atomic E-state index is 11.6. The van der Waals surface area contributed by atoms with Crippen LogP contribution in [-0.2, 0) is 10.0 Å². The minimum absolute atomic E-state index is 0. The molecule has 0 spiro atoms. The van der Waals surface area contributed by atoms with Crippen molar-refractivity contribution in [1.29, 1.82) is 0 Å². The minimum atomic E-state index is -3.43. The van der Waals surface area contributed by atoms with Crippen molar-refractivity contribution in [2.45, 2.75) is 4.90 Å². The van der Waals surface area contributed by atoms with E-state index in [9.17, 15) is 8.42 Å². The molecule has 0 aliphatic carbocycles. The van der Waals surface area contributed by atoms with Crippen molar-refractivity contribution in [3.05, 3.63) is 24.3 Å². The number of halogens is 1. The van der Waals surface area contributed by atoms with E-state index in [4.69, 9.17) is 10.5 Å². The zero-order chi connectivity index (χ0) is 11.3. The first-order valence-electron chi connectivity index (χ1n) is 4.44. The number of nitrogens with two attached hydrogens (primary N) is 1. The van der Waals surface area contributed by atoms with Crippen molar-refractivity contribution in [1.82, 2.24) is 4.72 Å². The first kappa shape index (κ1) is 15.2. The standard InChI is InChI=1S/C9H14N2O3S.ClH/c1-14-8-2-4-9(5-3-8)15(12,13)11-7-6-10;/h2-5,11H,6-7,10H2,1H3;1H. The Balaban J connectivity index is 0.00000225. The van der Waals surface area contributed by atoms with Gasteiger partial charge in [-0.25, -0.2) is 13.1 Å². The second-order valence-electron chi connectivity index (χ2n) is 2.86. The largest absolute Gasteiger partial charge is 0.497 e. The van der Waals surface area contributed by atoms with Crippen LogP contribution in [0.1, 0.15) is 0 Å². The molecule has 3 N–H and O–H groups in total. The molecule has 0 bridgehead atoms. The molecule has 0 saturated heterocycles. The zero-order valence-electron chi connectivity index (χ0n) is 8.84. The van der Waals surface area contributed by atoms with Crippen molar-refractivity contribution in [2.75, 3.05) is 20.2 Å². The van der Waals surface area contributed by atoms with E-state index in [1.54, 1.807) is 12.1 Å². The van der Waals surface area contributed by atoms with Gasteiger partial charge in [0.2, 0.25) is 10.0 Å². The van der Waals surface area contributed by atoms with Crippen LogP contribution in [0.15, 0.2) is 29.2 Å². The molecule has 1 aromatic rings. The lowest BCUT2D eigenvalue weighted by atomic mass is 10.3. The predicted molar refractivity (Wildman–Crippen MR) is 64.5 cm³/mol. The third-order valence-electron chi connectivity index (χ3n) is 1.81. The molecule has 1 rings (SSSR count). The van der Waals surface area contributed by atoms with E-state index in [0.717, 1.165) is 0 Å². The minimum Gasteiger partial charge on any atom is -0.497 e. The number of sulfonamides is 1. The van der Waals surface area contributed by atoms with E-state index in [0.29, 0.717) is 5.75 Å². The first-order valence-corrected chi connectivity index (χ1v) is 5.92. The van der Waals surface area contributed by atoms with E-state index in [2.05, 4.69) is 4.72 Å². The molecule has 0 radical (unpaired) electrons. The molecular formula is C9H15ClN2O3S. The topological polar surface area (TPSA) is 81.4 Å². The van der Waals surface area contributed by atoms with Crippen molar-refractivity contribution < 1.29 is 13.2 Å². The quantitative estimate of drug-likeness (QED) is 0.806. The summed E-state index contributed by atoms with van der Waals surface area (Å²) in [5, 5.41) is 0. The van der Waals surface area contributed by atoms with Gasteiger partial charge in [0.15, 0.2) is 0 Å². The number of hydrogen-bond acceptors (Lipinski definition) is 4. The van der Waals surface area contributed by atoms with Gasteiger partial charge in [0, 0.05) is 13.1 Å². The van der Waals surface area contributed by atoms with Crippen LogP contribution in [0, 0.1) is 0 Å². The first-order chi connectivity index (χ1) is 7.10. The van der Waals surface area contributed by atoms with Gasteiger partial charge in [-0.1, -0.05) is 0 Å². The van der Waals surface area contributed by atoms with E-state index >= 15 is 0 Å². The van der Waals surface area contributed by atoms with E-state index in [1.807, 2.05) is 0 Å². The number of benzene rings is 1. The van der Waals surface area contributed by atoms with Crippen molar-refractivity contribution >= 4 is 22.4 Å². The van der Waals surface area contributed by atoms with Gasteiger partial charge in [-0.3, -0.25) is 0 Å². The average Bonchev–Trinajstić information content (AvgIpc) is 2.26. The van der Waals surface area contributed by atoms with Gasteiger partial charge in [0.25, 0.3) is 0 Å². The van der Waals surface area contributed by atoms with Crippen LogP contribution in [-0.4, -0.2) is 28.6 Å². The Morgan fingerprint density at radius 1 is 1.31 bits per heavy atom. The maximum Gasteiger partial charge on any atom is 0.240 e. The normalized spacial score (nSPS) is 10.6. The lowest BCUT2D eigenvalue weighted by Crippen LogP contribution is -2.29. The maximum absolute atomic E-state index is 11.6. The lowest BCUT2D eigenvalue weighted by Gasteiger charge is -2.06. The Hall–Kier alpha value is -0.820. The van der Waals surface area contributed by atoms with E-state index in [1.165, 1.54) is 19.2 Å². The molecule has 5 nitrogen and oxygen atoms in total. The molecule has 0 aliphatic rings. The molecule has 1 aromatic carbocycles. The van der Waals surface area contributed by atoms with Crippen LogP contribution in [0.5, 0.6) is 5.75 Å². The van der Waals surface area contributed by atoms with Gasteiger partial charge in [-0.2, -0.15) is 0 Å². The van der Waals surface area contributed by atoms with Gasteiger partial charge in [0.1, 0.15) is 5.75 Å². The predicted octanol–water partition coefficient (Wildman–Crippen LogP) is 0.354. The second kappa shape index (κ2) is 6.70. The molecule has 7 heteroatoms. The highest BCUT2D eigenvalue weighted by atomic mass is 35.5. The molecule has 0 heterocycles. The fraction of sp³-hybridized carbons (Fsp3) is 0.333. The summed E-state index contributed by atoms with van der Waals surface area (Å²) in [5.74, 6) is 0.618. The highest BCUT2D eigenvalue weighted by Crippen LogP contribution is 2.14. The van der Waals surface area contributed by atoms with Crippen LogP contribution in [0.2, 0.25) is 0 Å². The van der Waals surface area contributed by atoms with Crippen LogP contribution >= 0.6 is 12.4 Å². The van der Waals surface area contributed by atoms with Crippen LogP contribution in [0.4, 0.5) is 0 Å². The molecule has 0 aromatic heterocycles. The highest BCUT2D eigenvalue weighted by Gasteiger charge is 2.12. The third kappa shape index (κ3) is 3.97. The Labute approximate surface area is 101 Å². The average molecular weight is 267 g/mol. The fourth-order valence-electron chi connectivity index (χ4n) is 1.03. The van der Waals surface area contributed by atoms with Gasteiger partial charge >= 0.3 is 0 Å². The summed E-state index contributed by atoms with van der Waals surface area (Å²) in [4.78, 5) is 0.205. The molecule has 16 heavy (non-hydrogen) atoms. The van der Waals surface area contributed by atoms with Crippen LogP contribution < -0.4 is 15.2 Å². The number of nitrogens with one attached hydrogen (secondary N) is 1. The molecule has 0 amide bonds. The van der Waals surface area contributed by atoms with E-state index < -0.39 is 10.0 Å². The van der Waals surface area contributed by atoms with Gasteiger partial charge < -0.3 is 10.5 Å². The number of hydrogen-bond donors (Lipinski definition) is 2. The molecule has 0 unspecified atom stereocenters. The van der Waals surface area contributed by atoms with Crippen molar-refractivity contribution in [3.63, 3.8) is 0 Å². The van der Waals surface area contributed by atoms with Gasteiger partial charge in [0.05, 0.1) is 12.0 Å². The summed E-state index contributed by atoms with van der Waals surface area (Å²) in [6.07, 6.45) is 0. The summed E-state index contributed by atoms with van der Waals surface area (Å²) in [6.45, 7) is 0.504. The highest BCUT2D eigenvalue weighted by molar-refractivity contribution is 7.89. The molecule has 0 fully saturated rings. The van der Waals surface area contributed by atoms with Gasteiger partial charge in [-0.15, -0.1) is 12.4 Å². The Bertz CT molecular complexity index is 405. The fourth-order valence-corrected chi connectivity index (χ4v) is 2.08. The smallest absolute Gasteiger partial charge is 0.240 e. The van der Waals surface area contributed by atoms with Crippen molar-refractivity contribution in [2.24, 2.45) is 5.73 Å². The summed E-state index contributed by atoms with van der Waals surface area (Å²) in [6, 6.07) is 6.16. The Morgan fingerprint density at radius 3 is 2.31 bits per heavy atom. The Kier molecular flexibility index (Phi) is 6.35. The summed E-state index contributed by atoms with van der Waals surface area (Å²) in [5.41, 5.74) is 5.21. The Morgan fingerprint density at radius 2 is 1.88 bits per heavy atom. The van der Waals surface area contributed by atoms with Crippen LogP contribution in [0.3, 0.4) is 0 Å². The molecule has 0 saturated carbocycles. The SMILES string of the molecule is COc1ccc(S(=O)(=O)NCCN)cc1.Cl. The summed E-state index contributed by atoms with van der Waals surface area (Å²) >= 11 is 0. The molecule has 0 atom stereocenters. The third-order valence-corrected chi connectivity index (χ3v) is 3.28. The molecular weight excluding hydrogens is 252 g/mol. The molecule has 0 aliphatic heterocycles.